The molecule has 132 valence electrons. The van der Waals surface area contributed by atoms with E-state index in [4.69, 9.17) is 4.74 Å². The number of rotatable bonds is 4. The predicted molar refractivity (Wildman–Crippen MR) is 99.0 cm³/mol. The Balaban J connectivity index is 0.00000225. The SMILES string of the molecule is CCOC(=O)c1ccc(NC(=O)C2Cc3ccccc3CN2)cc1.Cl. The molecule has 0 bridgehead atoms. The molecule has 6 heteroatoms. The van der Waals surface area contributed by atoms with Gasteiger partial charge < -0.3 is 15.4 Å². The second-order valence-electron chi connectivity index (χ2n) is 5.69. The minimum absolute atomic E-state index is 0. The highest BCUT2D eigenvalue weighted by Crippen LogP contribution is 2.18. The topological polar surface area (TPSA) is 67.4 Å². The van der Waals surface area contributed by atoms with E-state index in [-0.39, 0.29) is 30.3 Å². The van der Waals surface area contributed by atoms with Gasteiger partial charge in [-0.1, -0.05) is 24.3 Å². The maximum atomic E-state index is 12.4. The third kappa shape index (κ3) is 4.59. The zero-order chi connectivity index (χ0) is 16.9. The van der Waals surface area contributed by atoms with Gasteiger partial charge in [-0.2, -0.15) is 0 Å². The summed E-state index contributed by atoms with van der Waals surface area (Å²) < 4.78 is 4.94. The van der Waals surface area contributed by atoms with Crippen molar-refractivity contribution in [3.8, 4) is 0 Å². The zero-order valence-electron chi connectivity index (χ0n) is 14.0. The number of carbonyl (C=O) groups excluding carboxylic acids is 2. The summed E-state index contributed by atoms with van der Waals surface area (Å²) in [6, 6.07) is 14.6. The fourth-order valence-corrected chi connectivity index (χ4v) is 2.77. The largest absolute Gasteiger partial charge is 0.462 e. The number of amides is 1. The summed E-state index contributed by atoms with van der Waals surface area (Å²) in [5.41, 5.74) is 3.57. The summed E-state index contributed by atoms with van der Waals surface area (Å²) in [6.45, 7) is 2.80. The molecule has 2 N–H and O–H groups in total. The number of halogens is 1. The molecule has 1 aliphatic rings. The number of nitrogens with one attached hydrogen (secondary N) is 2. The normalized spacial score (nSPS) is 15.5. The number of benzene rings is 2. The molecule has 0 spiro atoms. The average molecular weight is 361 g/mol. The van der Waals surface area contributed by atoms with Crippen molar-refractivity contribution < 1.29 is 14.3 Å². The van der Waals surface area contributed by atoms with Crippen molar-refractivity contribution >= 4 is 30.0 Å². The van der Waals surface area contributed by atoms with E-state index >= 15 is 0 Å². The van der Waals surface area contributed by atoms with Crippen LogP contribution in [-0.4, -0.2) is 24.5 Å². The van der Waals surface area contributed by atoms with E-state index in [1.165, 1.54) is 11.1 Å². The van der Waals surface area contributed by atoms with E-state index in [0.717, 1.165) is 0 Å². The molecule has 0 aromatic heterocycles. The lowest BCUT2D eigenvalue weighted by atomic mass is 9.95. The van der Waals surface area contributed by atoms with E-state index in [9.17, 15) is 9.59 Å². The minimum atomic E-state index is -0.360. The van der Waals surface area contributed by atoms with Crippen LogP contribution in [0.25, 0.3) is 0 Å². The van der Waals surface area contributed by atoms with Crippen molar-refractivity contribution in [1.29, 1.82) is 0 Å². The summed E-state index contributed by atoms with van der Waals surface area (Å²) in [5, 5.41) is 6.14. The Bertz CT molecular complexity index is 747. The second-order valence-corrected chi connectivity index (χ2v) is 5.69. The van der Waals surface area contributed by atoms with E-state index < -0.39 is 0 Å². The maximum Gasteiger partial charge on any atom is 0.338 e. The van der Waals surface area contributed by atoms with Crippen molar-refractivity contribution in [3.63, 3.8) is 0 Å². The number of carbonyl (C=O) groups is 2. The lowest BCUT2D eigenvalue weighted by molar-refractivity contribution is -0.118. The summed E-state index contributed by atoms with van der Waals surface area (Å²) in [6.07, 6.45) is 0.670. The molecule has 1 amide bonds. The van der Waals surface area contributed by atoms with Gasteiger partial charge in [0.05, 0.1) is 18.2 Å². The van der Waals surface area contributed by atoms with Gasteiger partial charge in [0.25, 0.3) is 0 Å². The number of hydrogen-bond donors (Lipinski definition) is 2. The first kappa shape index (κ1) is 19.0. The third-order valence-electron chi connectivity index (χ3n) is 4.06. The molecule has 1 atom stereocenters. The molecule has 1 heterocycles. The first-order valence-corrected chi connectivity index (χ1v) is 8.05. The van der Waals surface area contributed by atoms with Crippen LogP contribution in [-0.2, 0) is 22.5 Å². The van der Waals surface area contributed by atoms with Gasteiger partial charge in [-0.3, -0.25) is 4.79 Å². The monoisotopic (exact) mass is 360 g/mol. The van der Waals surface area contributed by atoms with Crippen molar-refractivity contribution in [2.24, 2.45) is 0 Å². The van der Waals surface area contributed by atoms with Gasteiger partial charge in [0, 0.05) is 12.2 Å². The van der Waals surface area contributed by atoms with Crippen LogP contribution in [0.3, 0.4) is 0 Å². The van der Waals surface area contributed by atoms with Crippen LogP contribution in [0.5, 0.6) is 0 Å². The summed E-state index contributed by atoms with van der Waals surface area (Å²) in [4.78, 5) is 24.1. The zero-order valence-corrected chi connectivity index (χ0v) is 14.8. The van der Waals surface area contributed by atoms with Gasteiger partial charge in [-0.15, -0.1) is 12.4 Å². The number of hydrogen-bond acceptors (Lipinski definition) is 4. The Labute approximate surface area is 153 Å². The predicted octanol–water partition coefficient (Wildman–Crippen LogP) is 2.94. The van der Waals surface area contributed by atoms with Crippen LogP contribution in [0.1, 0.15) is 28.4 Å². The van der Waals surface area contributed by atoms with Crippen molar-refractivity contribution in [3.05, 3.63) is 65.2 Å². The van der Waals surface area contributed by atoms with Gasteiger partial charge in [0.2, 0.25) is 5.91 Å². The lowest BCUT2D eigenvalue weighted by Gasteiger charge is -2.25. The van der Waals surface area contributed by atoms with Gasteiger partial charge in [0.1, 0.15) is 0 Å². The van der Waals surface area contributed by atoms with Crippen LogP contribution in [0.4, 0.5) is 5.69 Å². The minimum Gasteiger partial charge on any atom is -0.462 e. The standard InChI is InChI=1S/C19H20N2O3.ClH/c1-2-24-19(23)13-7-9-16(10-8-13)21-18(22)17-11-14-5-3-4-6-15(14)12-20-17;/h3-10,17,20H,2,11-12H2,1H3,(H,21,22);1H. The van der Waals surface area contributed by atoms with E-state index in [1.54, 1.807) is 31.2 Å². The highest BCUT2D eigenvalue weighted by atomic mass is 35.5. The molecule has 0 saturated carbocycles. The summed E-state index contributed by atoms with van der Waals surface area (Å²) >= 11 is 0. The van der Waals surface area contributed by atoms with Crippen molar-refractivity contribution in [1.82, 2.24) is 5.32 Å². The second kappa shape index (κ2) is 8.65. The molecule has 25 heavy (non-hydrogen) atoms. The Kier molecular flexibility index (Phi) is 6.56. The quantitative estimate of drug-likeness (QED) is 0.823. The Morgan fingerprint density at radius 3 is 2.48 bits per heavy atom. The Morgan fingerprint density at radius 2 is 1.80 bits per heavy atom. The van der Waals surface area contributed by atoms with Gasteiger partial charge in [-0.05, 0) is 48.7 Å². The van der Waals surface area contributed by atoms with E-state index in [2.05, 4.69) is 22.8 Å². The molecule has 1 aliphatic heterocycles. The lowest BCUT2D eigenvalue weighted by Crippen LogP contribution is -2.44. The smallest absolute Gasteiger partial charge is 0.338 e. The summed E-state index contributed by atoms with van der Waals surface area (Å²) in [5.74, 6) is -0.436. The molecule has 0 saturated heterocycles. The molecule has 0 aliphatic carbocycles. The van der Waals surface area contributed by atoms with Gasteiger partial charge >= 0.3 is 5.97 Å². The molecule has 1 unspecified atom stereocenters. The van der Waals surface area contributed by atoms with Crippen LogP contribution in [0.15, 0.2) is 48.5 Å². The van der Waals surface area contributed by atoms with Crippen molar-refractivity contribution in [2.45, 2.75) is 25.9 Å². The molecule has 3 rings (SSSR count). The highest BCUT2D eigenvalue weighted by Gasteiger charge is 2.23. The highest BCUT2D eigenvalue weighted by molar-refractivity contribution is 5.96. The van der Waals surface area contributed by atoms with Gasteiger partial charge in [0.15, 0.2) is 0 Å². The fraction of sp³-hybridized carbons (Fsp3) is 0.263. The molecule has 2 aromatic carbocycles. The van der Waals surface area contributed by atoms with E-state index in [1.807, 2.05) is 12.1 Å². The Hall–Kier alpha value is -2.37. The molecular weight excluding hydrogens is 340 g/mol. The number of esters is 1. The fourth-order valence-electron chi connectivity index (χ4n) is 2.77. The number of fused-ring (bicyclic) bond motifs is 1. The molecule has 2 aromatic rings. The maximum absolute atomic E-state index is 12.4. The van der Waals surface area contributed by atoms with Crippen molar-refractivity contribution in [2.75, 3.05) is 11.9 Å². The number of ether oxygens (including phenoxy) is 1. The number of anilines is 1. The first-order chi connectivity index (χ1) is 11.7. The molecule has 0 fully saturated rings. The molecule has 5 nitrogen and oxygen atoms in total. The van der Waals surface area contributed by atoms with E-state index in [0.29, 0.717) is 30.8 Å². The molecular formula is C19H21ClN2O3. The van der Waals surface area contributed by atoms with Crippen LogP contribution < -0.4 is 10.6 Å². The van der Waals surface area contributed by atoms with Crippen LogP contribution >= 0.6 is 12.4 Å². The Morgan fingerprint density at radius 1 is 1.12 bits per heavy atom. The first-order valence-electron chi connectivity index (χ1n) is 8.05. The van der Waals surface area contributed by atoms with Crippen LogP contribution in [0.2, 0.25) is 0 Å². The summed E-state index contributed by atoms with van der Waals surface area (Å²) in [7, 11) is 0. The average Bonchev–Trinajstić information content (AvgIpc) is 2.62. The van der Waals surface area contributed by atoms with Crippen LogP contribution in [0, 0.1) is 0 Å². The third-order valence-corrected chi connectivity index (χ3v) is 4.06. The van der Waals surface area contributed by atoms with Gasteiger partial charge in [-0.25, -0.2) is 4.79 Å². The molecule has 0 radical (unpaired) electrons.